The van der Waals surface area contributed by atoms with Crippen molar-refractivity contribution >= 4 is 17.2 Å². The van der Waals surface area contributed by atoms with Crippen LogP contribution in [-0.4, -0.2) is 10.9 Å². The highest BCUT2D eigenvalue weighted by Crippen LogP contribution is 2.49. The molecule has 1 N–H and O–H groups in total. The number of nitrogens with one attached hydrogen (secondary N) is 1. The summed E-state index contributed by atoms with van der Waals surface area (Å²) < 4.78 is 251. The van der Waals surface area contributed by atoms with Crippen molar-refractivity contribution in [3.63, 3.8) is 0 Å². The number of H-pyrrole nitrogens is 1. The molecule has 1 aromatic heterocycles. The van der Waals surface area contributed by atoms with Gasteiger partial charge in [-0.3, -0.25) is 0 Å². The van der Waals surface area contributed by atoms with Gasteiger partial charge < -0.3 is 19.2 Å². The van der Waals surface area contributed by atoms with Gasteiger partial charge in [0.2, 0.25) is 11.8 Å². The average molecular weight is 1080 g/mol. The first-order chi connectivity index (χ1) is 35.5. The molecule has 0 spiro atoms. The molecule has 21 heteroatoms. The van der Waals surface area contributed by atoms with Crippen LogP contribution in [0.15, 0.2) is 138 Å². The largest absolute Gasteiger partial charge is 0.452 e. The quantitative estimate of drug-likeness (QED) is 0.104. The molecule has 6 aromatic carbocycles. The second kappa shape index (κ2) is 20.3. The van der Waals surface area contributed by atoms with Crippen LogP contribution >= 0.6 is 0 Å². The van der Waals surface area contributed by atoms with E-state index in [1.807, 2.05) is 0 Å². The summed E-state index contributed by atoms with van der Waals surface area (Å²) in [6.45, 7) is 7.02. The molecule has 0 unspecified atom stereocenters. The maximum absolute atomic E-state index is 15.4. The van der Waals surface area contributed by atoms with Crippen molar-refractivity contribution in [2.24, 2.45) is 4.99 Å². The van der Waals surface area contributed by atoms with Gasteiger partial charge >= 0.3 is 24.7 Å². The van der Waals surface area contributed by atoms with Gasteiger partial charge in [0.1, 0.15) is 23.1 Å². The summed E-state index contributed by atoms with van der Waals surface area (Å²) >= 11 is 0. The van der Waals surface area contributed by atoms with Crippen LogP contribution in [-0.2, 0) is 24.7 Å². The maximum atomic E-state index is 15.4. The molecule has 5 nitrogen and oxygen atoms in total. The van der Waals surface area contributed by atoms with E-state index in [0.717, 1.165) is 29.8 Å². The molecule has 0 saturated carbocycles. The number of rotatable bonds is 11. The first-order valence-electron chi connectivity index (χ1n) is 22.5. The minimum absolute atomic E-state index is 0.00972. The van der Waals surface area contributed by atoms with E-state index in [-0.39, 0.29) is 17.9 Å². The highest BCUT2D eigenvalue weighted by molar-refractivity contribution is 6.24. The Kier molecular flexibility index (Phi) is 14.5. The van der Waals surface area contributed by atoms with Gasteiger partial charge in [-0.15, -0.1) is 0 Å². The molecule has 0 atom stereocenters. The summed E-state index contributed by atoms with van der Waals surface area (Å²) in [5, 5.41) is 0. The van der Waals surface area contributed by atoms with Crippen LogP contribution < -0.4 is 14.2 Å². The number of hydrogen-bond acceptors (Lipinski definition) is 4. The molecule has 7 aromatic rings. The van der Waals surface area contributed by atoms with Crippen LogP contribution in [0.5, 0.6) is 23.1 Å². The predicted octanol–water partition coefficient (Wildman–Crippen LogP) is 18.3. The number of allylic oxidation sites excluding steroid dienone is 1. The molecule has 0 bridgehead atoms. The fourth-order valence-corrected chi connectivity index (χ4v) is 8.13. The minimum Gasteiger partial charge on any atom is -0.452 e. The van der Waals surface area contributed by atoms with Gasteiger partial charge in [0, 0.05) is 23.3 Å². The fourth-order valence-electron chi connectivity index (χ4n) is 8.13. The van der Waals surface area contributed by atoms with Gasteiger partial charge in [-0.25, -0.2) is 22.6 Å². The number of halogens is 16. The average Bonchev–Trinajstić information content (AvgIpc) is 3.95. The Morgan fingerprint density at radius 1 is 0.500 bits per heavy atom. The van der Waals surface area contributed by atoms with E-state index >= 15 is 8.78 Å². The third-order valence-corrected chi connectivity index (χ3v) is 11.8. The van der Waals surface area contributed by atoms with Gasteiger partial charge in [-0.05, 0) is 118 Å². The Bertz CT molecular complexity index is 3420. The first kappa shape index (κ1) is 54.3. The van der Waals surface area contributed by atoms with Gasteiger partial charge in [0.15, 0.2) is 28.9 Å². The first-order valence-corrected chi connectivity index (χ1v) is 22.5. The van der Waals surface area contributed by atoms with E-state index in [1.54, 1.807) is 70.2 Å². The van der Waals surface area contributed by atoms with Crippen LogP contribution in [0.25, 0.3) is 33.6 Å². The van der Waals surface area contributed by atoms with Gasteiger partial charge in [0.25, 0.3) is 0 Å². The molecule has 8 rings (SSSR count). The van der Waals surface area contributed by atoms with Crippen molar-refractivity contribution in [1.82, 2.24) is 4.98 Å². The molecular weight excluding hydrogens is 1040 g/mol. The van der Waals surface area contributed by atoms with Crippen molar-refractivity contribution in [1.29, 1.82) is 0 Å². The van der Waals surface area contributed by atoms with Crippen LogP contribution in [0.4, 0.5) is 70.2 Å². The summed E-state index contributed by atoms with van der Waals surface area (Å²) in [7, 11) is 0. The summed E-state index contributed by atoms with van der Waals surface area (Å²) in [4.78, 5) is 6.96. The number of benzene rings is 6. The van der Waals surface area contributed by atoms with Crippen LogP contribution in [0.3, 0.4) is 0 Å². The standard InChI is InChI=1S/C55H36F16N2O3/c1-26(2)36-18-29(28-8-6-5-7-9-28)19-37(27(3)4)48(36)76-49(44-24-38(50(72-44)74-46-16-12-32(56)22-42(46)58)34-14-10-30(52(60,61)62)20-40(34)54(66,67)68)45-25-39(51(73-45)75-47-17-13-33(57)23-43(47)59)35-15-11-31(53(63,64)65)21-41(35)55(69,70)71/h5-27,72H,1-4H3/b49-45+. The van der Waals surface area contributed by atoms with Crippen LogP contribution in [0.1, 0.15) is 84.2 Å². The van der Waals surface area contributed by atoms with E-state index in [4.69, 9.17) is 14.2 Å². The Morgan fingerprint density at radius 2 is 1.00 bits per heavy atom. The third-order valence-electron chi connectivity index (χ3n) is 11.8. The number of aliphatic imine (C=N–C) groups is 1. The topological polar surface area (TPSA) is 55.8 Å². The smallest absolute Gasteiger partial charge is 0.417 e. The molecule has 0 aliphatic carbocycles. The second-order valence-corrected chi connectivity index (χ2v) is 17.7. The number of nitrogens with zero attached hydrogens (tertiary/aromatic N) is 1. The summed E-state index contributed by atoms with van der Waals surface area (Å²) in [5.74, 6) is -10.2. The van der Waals surface area contributed by atoms with Crippen molar-refractivity contribution < 1.29 is 84.5 Å². The van der Waals surface area contributed by atoms with Crippen molar-refractivity contribution in [3.8, 4) is 45.4 Å². The molecule has 1 aliphatic rings. The summed E-state index contributed by atoms with van der Waals surface area (Å²) in [6.07, 6.45) is -20.9. The second-order valence-electron chi connectivity index (χ2n) is 17.7. The van der Waals surface area contributed by atoms with Crippen LogP contribution in [0, 0.1) is 23.3 Å². The van der Waals surface area contributed by atoms with Crippen molar-refractivity contribution in [2.45, 2.75) is 64.2 Å². The Morgan fingerprint density at radius 3 is 1.49 bits per heavy atom. The zero-order chi connectivity index (χ0) is 55.4. The lowest BCUT2D eigenvalue weighted by molar-refractivity contribution is -0.144. The zero-order valence-electron chi connectivity index (χ0n) is 39.5. The summed E-state index contributed by atoms with van der Waals surface area (Å²) in [6, 6.07) is 17.8. The normalized spacial score (nSPS) is 14.1. The van der Waals surface area contributed by atoms with E-state index in [2.05, 4.69) is 9.98 Å². The molecule has 0 saturated heterocycles. The molecule has 396 valence electrons. The van der Waals surface area contributed by atoms with E-state index in [1.165, 1.54) is 0 Å². The molecule has 0 fully saturated rings. The molecule has 2 heterocycles. The van der Waals surface area contributed by atoms with Gasteiger partial charge in [-0.2, -0.15) is 52.7 Å². The Balaban J connectivity index is 1.49. The van der Waals surface area contributed by atoms with Gasteiger partial charge in [-0.1, -0.05) is 70.2 Å². The number of aromatic amines is 1. The van der Waals surface area contributed by atoms with Gasteiger partial charge in [0.05, 0.1) is 27.9 Å². The number of aromatic nitrogens is 1. The van der Waals surface area contributed by atoms with Crippen molar-refractivity contribution in [2.75, 3.05) is 0 Å². The van der Waals surface area contributed by atoms with E-state index in [9.17, 15) is 61.5 Å². The van der Waals surface area contributed by atoms with E-state index in [0.29, 0.717) is 65.2 Å². The molecular formula is C55H36F16N2O3. The lowest BCUT2D eigenvalue weighted by Crippen LogP contribution is -2.16. The minimum atomic E-state index is -5.55. The molecule has 0 radical (unpaired) electrons. The number of alkyl halides is 12. The monoisotopic (exact) mass is 1080 g/mol. The fraction of sp³-hybridized carbons (Fsp3) is 0.182. The maximum Gasteiger partial charge on any atom is 0.417 e. The predicted molar refractivity (Wildman–Crippen MR) is 249 cm³/mol. The third kappa shape index (κ3) is 11.5. The van der Waals surface area contributed by atoms with Crippen molar-refractivity contribution in [3.05, 3.63) is 201 Å². The molecule has 0 amide bonds. The highest BCUT2D eigenvalue weighted by atomic mass is 19.4. The lowest BCUT2D eigenvalue weighted by atomic mass is 9.89. The highest BCUT2D eigenvalue weighted by Gasteiger charge is 2.42. The van der Waals surface area contributed by atoms with E-state index < -0.39 is 145 Å². The Hall–Kier alpha value is -7.97. The zero-order valence-corrected chi connectivity index (χ0v) is 39.5. The number of hydrogen-bond donors (Lipinski definition) is 1. The molecule has 1 aliphatic heterocycles. The number of ether oxygens (including phenoxy) is 3. The lowest BCUT2D eigenvalue weighted by Gasteiger charge is -2.23. The Labute approximate surface area is 421 Å². The SMILES string of the molecule is CC(C)c1cc(-c2ccccc2)cc(C(C)C)c1O/C(=C1\C=C(c2ccc(C(F)(F)F)cc2C(F)(F)F)C(Oc2ccc(F)cc2F)=N1)c1cc(-c2ccc(C(F)(F)F)cc2C(F)(F)F)c(Oc2ccc(F)cc2F)[nH]1. The van der Waals surface area contributed by atoms with Crippen LogP contribution in [0.2, 0.25) is 0 Å². The summed E-state index contributed by atoms with van der Waals surface area (Å²) in [5.41, 5.74) is -9.84. The molecule has 76 heavy (non-hydrogen) atoms.